The van der Waals surface area contributed by atoms with Crippen molar-refractivity contribution in [2.75, 3.05) is 0 Å². The third-order valence-corrected chi connectivity index (χ3v) is 8.31. The molecule has 198 valence electrons. The Morgan fingerprint density at radius 1 is 0.429 bits per heavy atom. The van der Waals surface area contributed by atoms with Crippen LogP contribution in [0.15, 0.2) is 152 Å². The Morgan fingerprint density at radius 3 is 1.60 bits per heavy atom. The van der Waals surface area contributed by atoms with Gasteiger partial charge in [-0.2, -0.15) is 0 Å². The Labute approximate surface area is 245 Å². The quantitative estimate of drug-likeness (QED) is 0.205. The predicted molar refractivity (Wildman–Crippen MR) is 177 cm³/mol. The lowest BCUT2D eigenvalue weighted by atomic mass is 9.85. The van der Waals surface area contributed by atoms with E-state index >= 15 is 0 Å². The van der Waals surface area contributed by atoms with E-state index in [4.69, 9.17) is 4.98 Å². The largest absolute Gasteiger partial charge is 0.297 e. The highest BCUT2D eigenvalue weighted by Gasteiger charge is 2.18. The molecule has 0 aliphatic heterocycles. The molecule has 0 fully saturated rings. The lowest BCUT2D eigenvalue weighted by Crippen LogP contribution is -1.97. The third-order valence-electron chi connectivity index (χ3n) is 8.31. The number of nitrogens with zero attached hydrogens (tertiary/aromatic N) is 2. The molecule has 0 spiro atoms. The van der Waals surface area contributed by atoms with Crippen LogP contribution in [0, 0.1) is 6.92 Å². The highest BCUT2D eigenvalue weighted by atomic mass is 15.1. The van der Waals surface area contributed by atoms with E-state index < -0.39 is 0 Å². The molecule has 0 unspecified atom stereocenters. The number of rotatable bonds is 4. The smallest absolute Gasteiger partial charge is 0.111 e. The van der Waals surface area contributed by atoms with Gasteiger partial charge in [0.2, 0.25) is 0 Å². The summed E-state index contributed by atoms with van der Waals surface area (Å²) in [4.78, 5) is 4.83. The van der Waals surface area contributed by atoms with E-state index in [1.165, 1.54) is 54.9 Å². The van der Waals surface area contributed by atoms with Crippen LogP contribution in [0.1, 0.15) is 5.82 Å². The molecule has 0 saturated heterocycles. The van der Waals surface area contributed by atoms with Crippen molar-refractivity contribution in [3.63, 3.8) is 0 Å². The molecular weight excluding hydrogens is 508 g/mol. The number of hydrogen-bond donors (Lipinski definition) is 0. The number of aromatic nitrogens is 2. The van der Waals surface area contributed by atoms with Crippen LogP contribution in [-0.2, 0) is 0 Å². The van der Waals surface area contributed by atoms with Gasteiger partial charge in [0.25, 0.3) is 0 Å². The molecular formula is C40H28N2. The Morgan fingerprint density at radius 2 is 0.929 bits per heavy atom. The van der Waals surface area contributed by atoms with Crippen molar-refractivity contribution in [3.05, 3.63) is 157 Å². The van der Waals surface area contributed by atoms with Gasteiger partial charge in [0.15, 0.2) is 0 Å². The van der Waals surface area contributed by atoms with E-state index in [0.717, 1.165) is 22.5 Å². The number of fused-ring (bicyclic) bond motifs is 3. The number of hydrogen-bond acceptors (Lipinski definition) is 1. The average Bonchev–Trinajstić information content (AvgIpc) is 3.39. The molecule has 0 radical (unpaired) electrons. The van der Waals surface area contributed by atoms with Crippen LogP contribution in [-0.4, -0.2) is 9.55 Å². The van der Waals surface area contributed by atoms with Gasteiger partial charge in [-0.15, -0.1) is 0 Å². The molecule has 42 heavy (non-hydrogen) atoms. The van der Waals surface area contributed by atoms with Crippen molar-refractivity contribution in [3.8, 4) is 39.1 Å². The van der Waals surface area contributed by atoms with E-state index in [0.29, 0.717) is 0 Å². The minimum atomic E-state index is 0.983. The molecule has 7 aromatic carbocycles. The van der Waals surface area contributed by atoms with Crippen molar-refractivity contribution in [1.29, 1.82) is 0 Å². The first kappa shape index (κ1) is 24.3. The topological polar surface area (TPSA) is 17.8 Å². The van der Waals surface area contributed by atoms with Gasteiger partial charge in [-0.05, 0) is 92.2 Å². The maximum atomic E-state index is 4.83. The Hall–Kier alpha value is -5.47. The van der Waals surface area contributed by atoms with Crippen LogP contribution >= 0.6 is 0 Å². The molecule has 0 amide bonds. The third kappa shape index (κ3) is 3.92. The number of imidazole rings is 1. The summed E-state index contributed by atoms with van der Waals surface area (Å²) in [6, 6.07) is 54.5. The highest BCUT2D eigenvalue weighted by molar-refractivity contribution is 6.21. The Balaban J connectivity index is 1.39. The average molecular weight is 537 g/mol. The lowest BCUT2D eigenvalue weighted by molar-refractivity contribution is 1.00. The minimum Gasteiger partial charge on any atom is -0.297 e. The minimum absolute atomic E-state index is 0.983. The first-order valence-corrected chi connectivity index (χ1v) is 14.4. The van der Waals surface area contributed by atoms with Crippen LogP contribution < -0.4 is 0 Å². The maximum absolute atomic E-state index is 4.83. The van der Waals surface area contributed by atoms with E-state index in [1.807, 2.05) is 6.07 Å². The van der Waals surface area contributed by atoms with Gasteiger partial charge in [-0.25, -0.2) is 4.98 Å². The molecule has 0 bridgehead atoms. The number of benzene rings is 7. The summed E-state index contributed by atoms with van der Waals surface area (Å²) in [7, 11) is 0. The fourth-order valence-electron chi connectivity index (χ4n) is 6.51. The summed E-state index contributed by atoms with van der Waals surface area (Å²) in [5, 5.41) is 5.01. The summed E-state index contributed by atoms with van der Waals surface area (Å²) >= 11 is 0. The van der Waals surface area contributed by atoms with E-state index in [1.54, 1.807) is 0 Å². The fraction of sp³-hybridized carbons (Fsp3) is 0.0250. The van der Waals surface area contributed by atoms with Crippen molar-refractivity contribution < 1.29 is 0 Å². The first-order chi connectivity index (χ1) is 20.8. The van der Waals surface area contributed by atoms with Crippen molar-refractivity contribution in [2.45, 2.75) is 6.92 Å². The van der Waals surface area contributed by atoms with E-state index in [-0.39, 0.29) is 0 Å². The van der Waals surface area contributed by atoms with Gasteiger partial charge >= 0.3 is 0 Å². The molecule has 8 aromatic rings. The zero-order valence-electron chi connectivity index (χ0n) is 23.3. The second kappa shape index (κ2) is 9.87. The van der Waals surface area contributed by atoms with E-state index in [9.17, 15) is 0 Å². The molecule has 8 rings (SSSR count). The second-order valence-electron chi connectivity index (χ2n) is 10.8. The summed E-state index contributed by atoms with van der Waals surface area (Å²) < 4.78 is 2.26. The van der Waals surface area contributed by atoms with Crippen LogP contribution in [0.2, 0.25) is 0 Å². The maximum Gasteiger partial charge on any atom is 0.111 e. The van der Waals surface area contributed by atoms with Crippen molar-refractivity contribution in [1.82, 2.24) is 9.55 Å². The van der Waals surface area contributed by atoms with Gasteiger partial charge in [-0.1, -0.05) is 121 Å². The molecule has 0 saturated carbocycles. The van der Waals surface area contributed by atoms with Gasteiger partial charge in [0, 0.05) is 5.69 Å². The fourth-order valence-corrected chi connectivity index (χ4v) is 6.51. The molecule has 0 atom stereocenters. The first-order valence-electron chi connectivity index (χ1n) is 14.4. The molecule has 2 nitrogen and oxygen atoms in total. The van der Waals surface area contributed by atoms with Crippen LogP contribution in [0.5, 0.6) is 0 Å². The lowest BCUT2D eigenvalue weighted by Gasteiger charge is -2.19. The SMILES string of the molecule is Cc1nc2ccccc2n1-c1cccc(-c2c3ccccc3c(-c3cccc(-c4ccccc4)c3)c3ccccc23)c1. The summed E-state index contributed by atoms with van der Waals surface area (Å²) in [6.45, 7) is 2.08. The molecule has 1 heterocycles. The van der Waals surface area contributed by atoms with Crippen molar-refractivity contribution >= 4 is 32.6 Å². The molecule has 2 heteroatoms. The Kier molecular flexibility index (Phi) is 5.72. The van der Waals surface area contributed by atoms with Gasteiger partial charge in [0.05, 0.1) is 11.0 Å². The van der Waals surface area contributed by atoms with Gasteiger partial charge < -0.3 is 0 Å². The van der Waals surface area contributed by atoms with Gasteiger partial charge in [0.1, 0.15) is 5.82 Å². The normalized spacial score (nSPS) is 11.5. The molecule has 0 N–H and O–H groups in total. The second-order valence-corrected chi connectivity index (χ2v) is 10.8. The summed E-state index contributed by atoms with van der Waals surface area (Å²) in [5.74, 6) is 0.983. The number of aryl methyl sites for hydroxylation is 1. The van der Waals surface area contributed by atoms with E-state index in [2.05, 4.69) is 157 Å². The van der Waals surface area contributed by atoms with Crippen LogP contribution in [0.25, 0.3) is 71.6 Å². The molecule has 0 aliphatic rings. The molecule has 1 aromatic heterocycles. The van der Waals surface area contributed by atoms with Crippen LogP contribution in [0.4, 0.5) is 0 Å². The van der Waals surface area contributed by atoms with Crippen LogP contribution in [0.3, 0.4) is 0 Å². The monoisotopic (exact) mass is 536 g/mol. The predicted octanol–water partition coefficient (Wildman–Crippen LogP) is 10.6. The van der Waals surface area contributed by atoms with Gasteiger partial charge in [-0.3, -0.25) is 4.57 Å². The Bertz CT molecular complexity index is 2200. The summed E-state index contributed by atoms with van der Waals surface area (Å²) in [6.07, 6.45) is 0. The standard InChI is InChI=1S/C40H28N2/c1-27-41-37-23-9-10-24-38(37)42(27)32-18-12-17-31(26-32)40-35-21-7-5-19-33(35)39(34-20-6-8-22-36(34)40)30-16-11-15-29(25-30)28-13-3-2-4-14-28/h2-26H,1H3. The zero-order chi connectivity index (χ0) is 28.0. The zero-order valence-corrected chi connectivity index (χ0v) is 23.3. The number of para-hydroxylation sites is 2. The highest BCUT2D eigenvalue weighted by Crippen LogP contribution is 2.44. The summed E-state index contributed by atoms with van der Waals surface area (Å²) in [5.41, 5.74) is 10.7. The van der Waals surface area contributed by atoms with Crippen molar-refractivity contribution in [2.24, 2.45) is 0 Å². The molecule has 0 aliphatic carbocycles.